The summed E-state index contributed by atoms with van der Waals surface area (Å²) in [5.41, 5.74) is 2.67. The van der Waals surface area contributed by atoms with Gasteiger partial charge in [0.2, 0.25) is 5.91 Å². The average molecular weight is 503 g/mol. The second-order valence-electron chi connectivity index (χ2n) is 8.78. The molecule has 2 amide bonds. The summed E-state index contributed by atoms with van der Waals surface area (Å²) in [7, 11) is 0. The molecule has 184 valence electrons. The molecule has 6 heteroatoms. The molecule has 4 rings (SSSR count). The van der Waals surface area contributed by atoms with Gasteiger partial charge in [-0.1, -0.05) is 66.2 Å². The highest BCUT2D eigenvalue weighted by molar-refractivity contribution is 6.30. The number of carbonyl (C=O) groups excluding carboxylic acids is 2. The standard InChI is InChI=1S/C30H28ClFN2O2/c31-26-14-8-22(9-15-26)10-17-28(30(36)33-18-4-7-21-5-2-1-3-6-21)34-29(35)25-12-11-24-20-27(32)16-13-23(24)19-25/h1-3,5-6,8-9,11-16,19-20,28H,4,7,10,17-18H2,(H,33,36)(H,34,35)/t28-/m0/s1. The first-order chi connectivity index (χ1) is 17.5. The summed E-state index contributed by atoms with van der Waals surface area (Å²) in [6.07, 6.45) is 2.71. The minimum atomic E-state index is -0.700. The van der Waals surface area contributed by atoms with Crippen molar-refractivity contribution in [3.05, 3.63) is 119 Å². The van der Waals surface area contributed by atoms with Crippen molar-refractivity contribution >= 4 is 34.2 Å². The molecule has 0 aliphatic heterocycles. The predicted octanol–water partition coefficient (Wildman–Crippen LogP) is 6.11. The fourth-order valence-electron chi connectivity index (χ4n) is 4.10. The molecule has 1 atom stereocenters. The van der Waals surface area contributed by atoms with E-state index < -0.39 is 6.04 Å². The van der Waals surface area contributed by atoms with Crippen LogP contribution < -0.4 is 10.6 Å². The number of amides is 2. The number of hydrogen-bond donors (Lipinski definition) is 2. The molecule has 0 aromatic heterocycles. The number of fused-ring (bicyclic) bond motifs is 1. The van der Waals surface area contributed by atoms with Gasteiger partial charge >= 0.3 is 0 Å². The van der Waals surface area contributed by atoms with Gasteiger partial charge in [-0.25, -0.2) is 4.39 Å². The molecule has 2 N–H and O–H groups in total. The van der Waals surface area contributed by atoms with Crippen LogP contribution in [0.1, 0.15) is 34.3 Å². The highest BCUT2D eigenvalue weighted by Gasteiger charge is 2.21. The molecule has 4 nitrogen and oxygen atoms in total. The van der Waals surface area contributed by atoms with E-state index in [1.54, 1.807) is 24.3 Å². The third kappa shape index (κ3) is 7.15. The highest BCUT2D eigenvalue weighted by Crippen LogP contribution is 2.18. The average Bonchev–Trinajstić information content (AvgIpc) is 2.90. The van der Waals surface area contributed by atoms with Crippen molar-refractivity contribution in [2.24, 2.45) is 0 Å². The van der Waals surface area contributed by atoms with Crippen LogP contribution in [0.5, 0.6) is 0 Å². The Hall–Kier alpha value is -3.70. The monoisotopic (exact) mass is 502 g/mol. The SMILES string of the molecule is O=C(N[C@@H](CCc1ccc(Cl)cc1)C(=O)NCCCc1ccccc1)c1ccc2cc(F)ccc2c1. The maximum absolute atomic E-state index is 13.5. The molecule has 0 spiro atoms. The molecule has 0 saturated heterocycles. The van der Waals surface area contributed by atoms with E-state index in [-0.39, 0.29) is 17.6 Å². The van der Waals surface area contributed by atoms with Crippen LogP contribution in [-0.2, 0) is 17.6 Å². The van der Waals surface area contributed by atoms with Gasteiger partial charge in [-0.2, -0.15) is 0 Å². The maximum atomic E-state index is 13.5. The van der Waals surface area contributed by atoms with Gasteiger partial charge in [-0.3, -0.25) is 9.59 Å². The Bertz CT molecular complexity index is 1330. The normalized spacial score (nSPS) is 11.7. The van der Waals surface area contributed by atoms with Crippen LogP contribution in [-0.4, -0.2) is 24.4 Å². The van der Waals surface area contributed by atoms with Crippen LogP contribution in [0, 0.1) is 5.82 Å². The maximum Gasteiger partial charge on any atom is 0.251 e. The topological polar surface area (TPSA) is 58.2 Å². The van der Waals surface area contributed by atoms with Gasteiger partial charge < -0.3 is 10.6 Å². The van der Waals surface area contributed by atoms with E-state index in [9.17, 15) is 14.0 Å². The zero-order valence-corrected chi connectivity index (χ0v) is 20.6. The van der Waals surface area contributed by atoms with Crippen molar-refractivity contribution in [1.82, 2.24) is 10.6 Å². The molecule has 0 bridgehead atoms. The summed E-state index contributed by atoms with van der Waals surface area (Å²) in [6, 6.07) is 26.4. The molecular formula is C30H28ClFN2O2. The van der Waals surface area contributed by atoms with Crippen LogP contribution in [0.25, 0.3) is 10.8 Å². The number of benzene rings is 4. The van der Waals surface area contributed by atoms with Gasteiger partial charge in [-0.05, 0) is 84.0 Å². The Morgan fingerprint density at radius 1 is 0.806 bits per heavy atom. The van der Waals surface area contributed by atoms with E-state index >= 15 is 0 Å². The summed E-state index contributed by atoms with van der Waals surface area (Å²) in [5.74, 6) is -0.888. The Balaban J connectivity index is 1.41. The lowest BCUT2D eigenvalue weighted by molar-refractivity contribution is -0.123. The molecule has 0 fully saturated rings. The molecule has 0 aliphatic carbocycles. The number of nitrogens with one attached hydrogen (secondary N) is 2. The Morgan fingerprint density at radius 3 is 2.28 bits per heavy atom. The van der Waals surface area contributed by atoms with Gasteiger partial charge in [0.15, 0.2) is 0 Å². The van der Waals surface area contributed by atoms with Crippen LogP contribution in [0.4, 0.5) is 4.39 Å². The summed E-state index contributed by atoms with van der Waals surface area (Å²) in [4.78, 5) is 26.1. The van der Waals surface area contributed by atoms with Crippen molar-refractivity contribution in [3.8, 4) is 0 Å². The smallest absolute Gasteiger partial charge is 0.251 e. The first-order valence-corrected chi connectivity index (χ1v) is 12.4. The molecule has 0 unspecified atom stereocenters. The third-order valence-electron chi connectivity index (χ3n) is 6.11. The van der Waals surface area contributed by atoms with E-state index in [0.717, 1.165) is 23.8 Å². The minimum Gasteiger partial charge on any atom is -0.354 e. The number of rotatable bonds is 10. The molecule has 0 saturated carbocycles. The molecule has 0 aliphatic rings. The fraction of sp³-hybridized carbons (Fsp3) is 0.200. The number of halogens is 2. The van der Waals surface area contributed by atoms with Crippen molar-refractivity contribution in [3.63, 3.8) is 0 Å². The summed E-state index contributed by atoms with van der Waals surface area (Å²) < 4.78 is 13.5. The summed E-state index contributed by atoms with van der Waals surface area (Å²) in [5, 5.41) is 7.99. The Kier molecular flexibility index (Phi) is 8.69. The third-order valence-corrected chi connectivity index (χ3v) is 6.36. The van der Waals surface area contributed by atoms with E-state index in [2.05, 4.69) is 22.8 Å². The zero-order valence-electron chi connectivity index (χ0n) is 19.8. The molecular weight excluding hydrogens is 475 g/mol. The fourth-order valence-corrected chi connectivity index (χ4v) is 4.23. The Labute approximate surface area is 215 Å². The molecule has 0 radical (unpaired) electrons. The van der Waals surface area contributed by atoms with E-state index in [1.165, 1.54) is 17.7 Å². The number of hydrogen-bond acceptors (Lipinski definition) is 2. The van der Waals surface area contributed by atoms with Gasteiger partial charge in [0.05, 0.1) is 0 Å². The van der Waals surface area contributed by atoms with Crippen LogP contribution in [0.2, 0.25) is 5.02 Å². The van der Waals surface area contributed by atoms with Crippen LogP contribution in [0.3, 0.4) is 0 Å². The van der Waals surface area contributed by atoms with Gasteiger partial charge in [0.1, 0.15) is 11.9 Å². The lowest BCUT2D eigenvalue weighted by Gasteiger charge is -2.19. The second-order valence-corrected chi connectivity index (χ2v) is 9.21. The quantitative estimate of drug-likeness (QED) is 0.257. The lowest BCUT2D eigenvalue weighted by atomic mass is 10.0. The van der Waals surface area contributed by atoms with E-state index in [4.69, 9.17) is 11.6 Å². The number of aryl methyl sites for hydroxylation is 2. The zero-order chi connectivity index (χ0) is 25.3. The molecule has 0 heterocycles. The van der Waals surface area contributed by atoms with E-state index in [0.29, 0.717) is 35.4 Å². The summed E-state index contributed by atoms with van der Waals surface area (Å²) in [6.45, 7) is 0.516. The van der Waals surface area contributed by atoms with Gasteiger partial charge in [0.25, 0.3) is 5.91 Å². The lowest BCUT2D eigenvalue weighted by Crippen LogP contribution is -2.47. The van der Waals surface area contributed by atoms with Crippen molar-refractivity contribution in [1.29, 1.82) is 0 Å². The van der Waals surface area contributed by atoms with Crippen LogP contribution in [0.15, 0.2) is 91.0 Å². The van der Waals surface area contributed by atoms with Crippen molar-refractivity contribution in [2.45, 2.75) is 31.7 Å². The first kappa shape index (κ1) is 25.4. The second kappa shape index (κ2) is 12.3. The predicted molar refractivity (Wildman–Crippen MR) is 143 cm³/mol. The molecule has 36 heavy (non-hydrogen) atoms. The first-order valence-electron chi connectivity index (χ1n) is 12.0. The molecule has 4 aromatic carbocycles. The molecule has 4 aromatic rings. The highest BCUT2D eigenvalue weighted by atomic mass is 35.5. The Morgan fingerprint density at radius 2 is 1.50 bits per heavy atom. The van der Waals surface area contributed by atoms with Crippen molar-refractivity contribution < 1.29 is 14.0 Å². The van der Waals surface area contributed by atoms with Gasteiger partial charge in [0, 0.05) is 17.1 Å². The minimum absolute atomic E-state index is 0.215. The van der Waals surface area contributed by atoms with Gasteiger partial charge in [-0.15, -0.1) is 0 Å². The van der Waals surface area contributed by atoms with Crippen molar-refractivity contribution in [2.75, 3.05) is 6.54 Å². The van der Waals surface area contributed by atoms with E-state index in [1.807, 2.05) is 42.5 Å². The number of carbonyl (C=O) groups is 2. The largest absolute Gasteiger partial charge is 0.354 e. The van der Waals surface area contributed by atoms with Crippen LogP contribution >= 0.6 is 11.6 Å². The summed E-state index contributed by atoms with van der Waals surface area (Å²) >= 11 is 5.98.